The smallest absolute Gasteiger partial charge is 0.239 e. The first-order valence-electron chi connectivity index (χ1n) is 8.04. The van der Waals surface area contributed by atoms with Crippen LogP contribution in [0.5, 0.6) is 0 Å². The number of benzene rings is 2. The van der Waals surface area contributed by atoms with E-state index in [0.29, 0.717) is 0 Å². The summed E-state index contributed by atoms with van der Waals surface area (Å²) in [5.74, 6) is 0.696. The molecule has 0 fully saturated rings. The zero-order chi connectivity index (χ0) is 16.8. The van der Waals surface area contributed by atoms with Gasteiger partial charge >= 0.3 is 0 Å². The fraction of sp³-hybridized carbons (Fsp3) is 0.263. The molecule has 0 unspecified atom stereocenters. The summed E-state index contributed by atoms with van der Waals surface area (Å²) in [5, 5.41) is 5.72. The van der Waals surface area contributed by atoms with Crippen molar-refractivity contribution in [3.63, 3.8) is 0 Å². The highest BCUT2D eigenvalue weighted by atomic mass is 32.2. The van der Waals surface area contributed by atoms with Gasteiger partial charge in [-0.1, -0.05) is 48.5 Å². The van der Waals surface area contributed by atoms with E-state index < -0.39 is 0 Å². The average Bonchev–Trinajstić information content (AvgIpc) is 2.61. The summed E-state index contributed by atoms with van der Waals surface area (Å²) >= 11 is 1.82. The van der Waals surface area contributed by atoms with Crippen molar-refractivity contribution in [2.75, 3.05) is 12.3 Å². The summed E-state index contributed by atoms with van der Waals surface area (Å²) < 4.78 is 0. The Morgan fingerprint density at radius 1 is 1.00 bits per heavy atom. The number of rotatable bonds is 5. The van der Waals surface area contributed by atoms with Crippen molar-refractivity contribution in [3.8, 4) is 0 Å². The third kappa shape index (κ3) is 4.38. The molecule has 124 valence electrons. The molecule has 3 rings (SSSR count). The molecule has 1 heterocycles. The summed E-state index contributed by atoms with van der Waals surface area (Å²) in [7, 11) is 0. The summed E-state index contributed by atoms with van der Waals surface area (Å²) in [4.78, 5) is 25.3. The van der Waals surface area contributed by atoms with Gasteiger partial charge in [-0.25, -0.2) is 0 Å². The molecule has 0 saturated carbocycles. The highest BCUT2D eigenvalue weighted by Gasteiger charge is 2.21. The van der Waals surface area contributed by atoms with Gasteiger partial charge in [0.1, 0.15) is 0 Å². The van der Waals surface area contributed by atoms with E-state index in [1.54, 1.807) is 0 Å². The lowest BCUT2D eigenvalue weighted by atomic mass is 10.0. The fourth-order valence-electron chi connectivity index (χ4n) is 2.76. The third-order valence-corrected chi connectivity index (χ3v) is 5.07. The van der Waals surface area contributed by atoms with Gasteiger partial charge in [-0.3, -0.25) is 9.59 Å². The Hall–Kier alpha value is -2.27. The largest absolute Gasteiger partial charge is 0.348 e. The van der Waals surface area contributed by atoms with Crippen molar-refractivity contribution in [1.29, 1.82) is 0 Å². The van der Waals surface area contributed by atoms with Crippen LogP contribution >= 0.6 is 11.8 Å². The first-order chi connectivity index (χ1) is 11.7. The molecule has 2 amide bonds. The van der Waals surface area contributed by atoms with Crippen LogP contribution in [0.3, 0.4) is 0 Å². The average molecular weight is 340 g/mol. The van der Waals surface area contributed by atoms with Gasteiger partial charge in [-0.15, -0.1) is 11.8 Å². The minimum absolute atomic E-state index is 0.0114. The second-order valence-electron chi connectivity index (χ2n) is 5.73. The lowest BCUT2D eigenvalue weighted by Crippen LogP contribution is -2.39. The first-order valence-corrected chi connectivity index (χ1v) is 9.02. The van der Waals surface area contributed by atoms with E-state index in [2.05, 4.69) is 22.8 Å². The van der Waals surface area contributed by atoms with Crippen molar-refractivity contribution in [2.45, 2.75) is 23.8 Å². The zero-order valence-corrected chi connectivity index (χ0v) is 14.1. The first kappa shape index (κ1) is 16.6. The summed E-state index contributed by atoms with van der Waals surface area (Å²) in [6.45, 7) is 0.0114. The molecule has 1 aliphatic heterocycles. The van der Waals surface area contributed by atoms with Crippen LogP contribution in [0, 0.1) is 0 Å². The molecule has 0 saturated heterocycles. The van der Waals surface area contributed by atoms with Gasteiger partial charge in [0, 0.05) is 10.6 Å². The number of carbonyl (C=O) groups is 2. The van der Waals surface area contributed by atoms with Crippen molar-refractivity contribution in [2.24, 2.45) is 0 Å². The van der Waals surface area contributed by atoms with Gasteiger partial charge in [-0.2, -0.15) is 0 Å². The summed E-state index contributed by atoms with van der Waals surface area (Å²) in [6.07, 6.45) is 1.20. The summed E-state index contributed by atoms with van der Waals surface area (Å²) in [5.41, 5.74) is 2.10. The predicted molar refractivity (Wildman–Crippen MR) is 95.8 cm³/mol. The van der Waals surface area contributed by atoms with Gasteiger partial charge in [0.25, 0.3) is 0 Å². The lowest BCUT2D eigenvalue weighted by Gasteiger charge is -2.25. The molecular weight excluding hydrogens is 320 g/mol. The molecule has 5 heteroatoms. The Bertz CT molecular complexity index is 718. The molecule has 4 nitrogen and oxygen atoms in total. The molecule has 0 aliphatic carbocycles. The molecule has 1 aliphatic rings. The summed E-state index contributed by atoms with van der Waals surface area (Å²) in [6, 6.07) is 17.7. The molecule has 0 bridgehead atoms. The molecular formula is C19H20N2O2S. The molecule has 2 aromatic rings. The van der Waals surface area contributed by atoms with Gasteiger partial charge < -0.3 is 10.6 Å². The van der Waals surface area contributed by atoms with Gasteiger partial charge in [0.15, 0.2) is 0 Å². The normalized spacial score (nSPS) is 16.1. The predicted octanol–water partition coefficient (Wildman–Crippen LogP) is 2.70. The van der Waals surface area contributed by atoms with Crippen molar-refractivity contribution < 1.29 is 9.59 Å². The van der Waals surface area contributed by atoms with Crippen LogP contribution in [0.4, 0.5) is 0 Å². The van der Waals surface area contributed by atoms with E-state index in [1.807, 2.05) is 54.2 Å². The molecule has 0 aromatic heterocycles. The van der Waals surface area contributed by atoms with Gasteiger partial charge in [-0.05, 0) is 23.6 Å². The van der Waals surface area contributed by atoms with Crippen LogP contribution < -0.4 is 10.6 Å². The fourth-order valence-corrected chi connectivity index (χ4v) is 3.89. The van der Waals surface area contributed by atoms with Crippen LogP contribution in [0.1, 0.15) is 23.6 Å². The van der Waals surface area contributed by atoms with Crippen LogP contribution in [0.25, 0.3) is 0 Å². The number of carbonyl (C=O) groups excluding carboxylic acids is 2. The second kappa shape index (κ2) is 8.02. The molecule has 24 heavy (non-hydrogen) atoms. The Morgan fingerprint density at radius 3 is 2.58 bits per heavy atom. The Balaban J connectivity index is 1.49. The van der Waals surface area contributed by atoms with Crippen LogP contribution in [-0.2, 0) is 16.0 Å². The molecule has 1 atom stereocenters. The van der Waals surface area contributed by atoms with Crippen LogP contribution in [0.15, 0.2) is 59.5 Å². The van der Waals surface area contributed by atoms with E-state index in [9.17, 15) is 9.59 Å². The maximum atomic E-state index is 12.1. The maximum Gasteiger partial charge on any atom is 0.239 e. The van der Waals surface area contributed by atoms with E-state index in [0.717, 1.165) is 23.3 Å². The Labute approximate surface area is 146 Å². The molecule has 0 radical (unpaired) electrons. The Morgan fingerprint density at radius 2 is 1.75 bits per heavy atom. The van der Waals surface area contributed by atoms with E-state index in [4.69, 9.17) is 0 Å². The number of thioether (sulfide) groups is 1. The van der Waals surface area contributed by atoms with Gasteiger partial charge in [0.2, 0.25) is 11.8 Å². The number of hydrogen-bond acceptors (Lipinski definition) is 3. The van der Waals surface area contributed by atoms with Crippen LogP contribution in [-0.4, -0.2) is 24.1 Å². The topological polar surface area (TPSA) is 58.2 Å². The lowest BCUT2D eigenvalue weighted by molar-refractivity contribution is -0.126. The number of hydrogen-bond donors (Lipinski definition) is 2. The Kier molecular flexibility index (Phi) is 5.54. The number of nitrogens with one attached hydrogen (secondary N) is 2. The second-order valence-corrected chi connectivity index (χ2v) is 6.87. The maximum absolute atomic E-state index is 12.1. The SMILES string of the molecule is O=C(Cc1ccccc1)NCC(=O)N[C@@H]1CCSc2ccccc21. The molecule has 2 aromatic carbocycles. The zero-order valence-electron chi connectivity index (χ0n) is 13.3. The number of fused-ring (bicyclic) bond motifs is 1. The molecule has 2 N–H and O–H groups in total. The van der Waals surface area contributed by atoms with Crippen molar-refractivity contribution in [3.05, 3.63) is 65.7 Å². The monoisotopic (exact) mass is 340 g/mol. The number of amides is 2. The highest BCUT2D eigenvalue weighted by Crippen LogP contribution is 2.35. The van der Waals surface area contributed by atoms with Gasteiger partial charge in [0.05, 0.1) is 19.0 Å². The highest BCUT2D eigenvalue weighted by molar-refractivity contribution is 7.99. The van der Waals surface area contributed by atoms with Crippen molar-refractivity contribution in [1.82, 2.24) is 10.6 Å². The van der Waals surface area contributed by atoms with Crippen LogP contribution in [0.2, 0.25) is 0 Å². The van der Waals surface area contributed by atoms with E-state index in [-0.39, 0.29) is 30.8 Å². The molecule has 0 spiro atoms. The van der Waals surface area contributed by atoms with E-state index >= 15 is 0 Å². The standard InChI is InChI=1S/C19H20N2O2S/c22-18(12-14-6-2-1-3-7-14)20-13-19(23)21-16-10-11-24-17-9-5-4-8-15(16)17/h1-9,16H,10-13H2,(H,20,22)(H,21,23)/t16-/m1/s1. The minimum Gasteiger partial charge on any atom is -0.348 e. The quantitative estimate of drug-likeness (QED) is 0.880. The van der Waals surface area contributed by atoms with Crippen molar-refractivity contribution >= 4 is 23.6 Å². The van der Waals surface area contributed by atoms with E-state index in [1.165, 1.54) is 4.90 Å². The minimum atomic E-state index is -0.150. The third-order valence-electron chi connectivity index (χ3n) is 3.95.